The van der Waals surface area contributed by atoms with Crippen LogP contribution in [0.25, 0.3) is 0 Å². The molecule has 0 bridgehead atoms. The van der Waals surface area contributed by atoms with Crippen molar-refractivity contribution in [2.24, 2.45) is 5.92 Å². The number of hydrogen-bond donors (Lipinski definition) is 3. The molecule has 1 saturated heterocycles. The van der Waals surface area contributed by atoms with Crippen LogP contribution in [0, 0.1) is 11.3 Å². The Bertz CT molecular complexity index is 568. The molecule has 1 aromatic heterocycles. The molecule has 2 heterocycles. The van der Waals surface area contributed by atoms with Crippen LogP contribution < -0.4 is 5.32 Å². The van der Waals surface area contributed by atoms with Crippen molar-refractivity contribution in [1.82, 2.24) is 10.3 Å². The van der Waals surface area contributed by atoms with E-state index in [0.717, 1.165) is 0 Å². The van der Waals surface area contributed by atoms with E-state index in [1.807, 2.05) is 6.92 Å². The summed E-state index contributed by atoms with van der Waals surface area (Å²) in [6, 6.07) is -1.43. The highest BCUT2D eigenvalue weighted by molar-refractivity contribution is 5.88. The third kappa shape index (κ3) is 3.01. The van der Waals surface area contributed by atoms with Crippen LogP contribution >= 0.6 is 0 Å². The molecule has 21 heavy (non-hydrogen) atoms. The topological polar surface area (TPSA) is 99.2 Å². The zero-order valence-corrected chi connectivity index (χ0v) is 11.1. The number of carboxylic acids is 1. The van der Waals surface area contributed by atoms with Gasteiger partial charge < -0.3 is 14.8 Å². The van der Waals surface area contributed by atoms with Gasteiger partial charge in [0, 0.05) is 12.8 Å². The van der Waals surface area contributed by atoms with Crippen molar-refractivity contribution in [2.75, 3.05) is 0 Å². The molecule has 2 rings (SSSR count). The van der Waals surface area contributed by atoms with E-state index in [0.29, 0.717) is 12.8 Å². The summed E-state index contributed by atoms with van der Waals surface area (Å²) in [5.41, 5.74) is -0.528. The van der Waals surface area contributed by atoms with Crippen LogP contribution in [0.1, 0.15) is 47.9 Å². The SMILES string of the molecule is CCCc1nc(C(=O)O)c(C2NC(=N)CC2C(F)(F)F)o1. The predicted molar refractivity (Wildman–Crippen MR) is 65.2 cm³/mol. The fourth-order valence-electron chi connectivity index (χ4n) is 2.30. The second-order valence-corrected chi connectivity index (χ2v) is 4.83. The number of hydrogen-bond acceptors (Lipinski definition) is 4. The minimum absolute atomic E-state index is 0.0889. The third-order valence-electron chi connectivity index (χ3n) is 3.22. The largest absolute Gasteiger partial charge is 0.476 e. The summed E-state index contributed by atoms with van der Waals surface area (Å²) < 4.78 is 44.3. The van der Waals surface area contributed by atoms with E-state index in [-0.39, 0.29) is 17.5 Å². The van der Waals surface area contributed by atoms with Gasteiger partial charge in [-0.05, 0) is 6.42 Å². The summed E-state index contributed by atoms with van der Waals surface area (Å²) in [4.78, 5) is 14.9. The first kappa shape index (κ1) is 15.3. The summed E-state index contributed by atoms with van der Waals surface area (Å²) in [6.07, 6.45) is -4.14. The van der Waals surface area contributed by atoms with Crippen LogP contribution in [-0.4, -0.2) is 28.1 Å². The van der Waals surface area contributed by atoms with E-state index in [1.165, 1.54) is 0 Å². The lowest BCUT2D eigenvalue weighted by Crippen LogP contribution is -2.30. The summed E-state index contributed by atoms with van der Waals surface area (Å²) in [7, 11) is 0. The third-order valence-corrected chi connectivity index (χ3v) is 3.22. The summed E-state index contributed by atoms with van der Waals surface area (Å²) in [6.45, 7) is 1.81. The molecule has 116 valence electrons. The van der Waals surface area contributed by atoms with Gasteiger partial charge in [-0.2, -0.15) is 13.2 Å². The lowest BCUT2D eigenvalue weighted by Gasteiger charge is -2.19. The Balaban J connectivity index is 2.43. The van der Waals surface area contributed by atoms with E-state index < -0.39 is 36.2 Å². The number of alkyl halides is 3. The molecule has 0 saturated carbocycles. The molecule has 0 aliphatic carbocycles. The molecule has 1 fully saturated rings. The quantitative estimate of drug-likeness (QED) is 0.793. The van der Waals surface area contributed by atoms with Crippen molar-refractivity contribution < 1.29 is 27.5 Å². The van der Waals surface area contributed by atoms with Gasteiger partial charge in [0.1, 0.15) is 0 Å². The minimum atomic E-state index is -4.56. The lowest BCUT2D eigenvalue weighted by molar-refractivity contribution is -0.177. The number of oxazole rings is 1. The van der Waals surface area contributed by atoms with Gasteiger partial charge in [0.25, 0.3) is 0 Å². The molecular weight excluding hydrogens is 291 g/mol. The van der Waals surface area contributed by atoms with Crippen molar-refractivity contribution in [3.05, 3.63) is 17.3 Å². The van der Waals surface area contributed by atoms with Gasteiger partial charge in [-0.25, -0.2) is 9.78 Å². The van der Waals surface area contributed by atoms with Crippen LogP contribution in [-0.2, 0) is 6.42 Å². The standard InChI is InChI=1S/C12H14F3N3O3/c1-2-3-7-18-9(11(19)20)10(21-7)8-5(12(13,14)15)4-6(16)17-8/h5,8H,2-4H2,1H3,(H2,16,17)(H,19,20). The van der Waals surface area contributed by atoms with E-state index in [9.17, 15) is 18.0 Å². The van der Waals surface area contributed by atoms with Gasteiger partial charge in [-0.15, -0.1) is 0 Å². The van der Waals surface area contributed by atoms with Gasteiger partial charge in [-0.3, -0.25) is 5.41 Å². The normalized spacial score (nSPS) is 22.4. The number of nitrogens with zero attached hydrogens (tertiary/aromatic N) is 1. The Morgan fingerprint density at radius 3 is 2.76 bits per heavy atom. The van der Waals surface area contributed by atoms with Gasteiger partial charge in [0.15, 0.2) is 17.3 Å². The van der Waals surface area contributed by atoms with Gasteiger partial charge in [-0.1, -0.05) is 6.92 Å². The molecular formula is C12H14F3N3O3. The Morgan fingerprint density at radius 1 is 1.57 bits per heavy atom. The van der Waals surface area contributed by atoms with Crippen LogP contribution in [0.5, 0.6) is 0 Å². The predicted octanol–water partition coefficient (Wildman–Crippen LogP) is 2.52. The molecule has 2 atom stereocenters. The summed E-state index contributed by atoms with van der Waals surface area (Å²) in [5, 5.41) is 18.8. The molecule has 1 aromatic rings. The molecule has 0 spiro atoms. The fourth-order valence-corrected chi connectivity index (χ4v) is 2.30. The second kappa shape index (κ2) is 5.38. The zero-order chi connectivity index (χ0) is 15.8. The van der Waals surface area contributed by atoms with Crippen molar-refractivity contribution in [2.45, 2.75) is 38.4 Å². The highest BCUT2D eigenvalue weighted by Gasteiger charge is 2.52. The van der Waals surface area contributed by atoms with E-state index >= 15 is 0 Å². The maximum absolute atomic E-state index is 13.0. The number of rotatable bonds is 4. The number of halogens is 3. The Morgan fingerprint density at radius 2 is 2.24 bits per heavy atom. The van der Waals surface area contributed by atoms with E-state index in [2.05, 4.69) is 10.3 Å². The maximum Gasteiger partial charge on any atom is 0.394 e. The first-order valence-electron chi connectivity index (χ1n) is 6.37. The Kier molecular flexibility index (Phi) is 3.93. The van der Waals surface area contributed by atoms with Crippen LogP contribution in [0.15, 0.2) is 4.42 Å². The first-order valence-corrected chi connectivity index (χ1v) is 6.37. The summed E-state index contributed by atoms with van der Waals surface area (Å²) in [5.74, 6) is -3.92. The molecule has 0 radical (unpaired) electrons. The van der Waals surface area contributed by atoms with Crippen molar-refractivity contribution in [3.8, 4) is 0 Å². The second-order valence-electron chi connectivity index (χ2n) is 4.83. The molecule has 6 nitrogen and oxygen atoms in total. The number of aromatic nitrogens is 1. The number of aromatic carboxylic acids is 1. The molecule has 2 unspecified atom stereocenters. The summed E-state index contributed by atoms with van der Waals surface area (Å²) >= 11 is 0. The Hall–Kier alpha value is -2.06. The first-order chi connectivity index (χ1) is 9.74. The lowest BCUT2D eigenvalue weighted by atomic mass is 9.97. The number of nitrogens with one attached hydrogen (secondary N) is 2. The molecule has 9 heteroatoms. The average molecular weight is 305 g/mol. The van der Waals surface area contributed by atoms with E-state index in [4.69, 9.17) is 14.9 Å². The monoisotopic (exact) mass is 305 g/mol. The van der Waals surface area contributed by atoms with E-state index in [1.54, 1.807) is 0 Å². The number of aryl methyl sites for hydroxylation is 1. The zero-order valence-electron chi connectivity index (χ0n) is 11.1. The molecule has 0 aromatic carbocycles. The van der Waals surface area contributed by atoms with Crippen LogP contribution in [0.2, 0.25) is 0 Å². The van der Waals surface area contributed by atoms with Gasteiger partial charge >= 0.3 is 12.1 Å². The molecule has 0 amide bonds. The smallest absolute Gasteiger partial charge is 0.394 e. The van der Waals surface area contributed by atoms with Gasteiger partial charge in [0.05, 0.1) is 17.8 Å². The molecule has 3 N–H and O–H groups in total. The van der Waals surface area contributed by atoms with Crippen LogP contribution in [0.4, 0.5) is 13.2 Å². The van der Waals surface area contributed by atoms with Crippen molar-refractivity contribution in [1.29, 1.82) is 5.41 Å². The Labute approximate surface area is 117 Å². The van der Waals surface area contributed by atoms with Crippen LogP contribution in [0.3, 0.4) is 0 Å². The number of amidine groups is 1. The highest BCUT2D eigenvalue weighted by atomic mass is 19.4. The molecule has 1 aliphatic rings. The van der Waals surface area contributed by atoms with Gasteiger partial charge in [0.2, 0.25) is 0 Å². The van der Waals surface area contributed by atoms with Crippen molar-refractivity contribution >= 4 is 11.8 Å². The maximum atomic E-state index is 13.0. The minimum Gasteiger partial charge on any atom is -0.476 e. The average Bonchev–Trinajstić information content (AvgIpc) is 2.92. The molecule has 1 aliphatic heterocycles. The highest BCUT2D eigenvalue weighted by Crippen LogP contribution is 2.43. The number of carboxylic acid groups (broad SMARTS) is 1. The number of carbonyl (C=O) groups is 1. The fraction of sp³-hybridized carbons (Fsp3) is 0.583. The van der Waals surface area contributed by atoms with Crippen molar-refractivity contribution in [3.63, 3.8) is 0 Å².